The lowest BCUT2D eigenvalue weighted by molar-refractivity contribution is -0.123. The van der Waals surface area contributed by atoms with Crippen molar-refractivity contribution >= 4 is 39.1 Å². The summed E-state index contributed by atoms with van der Waals surface area (Å²) >= 11 is 9.19. The Labute approximate surface area is 130 Å². The molecule has 0 N–H and O–H groups in total. The van der Waals surface area contributed by atoms with Gasteiger partial charge in [-0.05, 0) is 42.3 Å². The summed E-state index contributed by atoms with van der Waals surface area (Å²) in [6.45, 7) is 2.21. The maximum absolute atomic E-state index is 12.6. The topological polar surface area (TPSA) is 69.1 Å². The number of anilines is 1. The molecular weight excluding hydrogens is 344 g/mol. The van der Waals surface area contributed by atoms with Gasteiger partial charge in [0.1, 0.15) is 0 Å². The van der Waals surface area contributed by atoms with E-state index in [0.29, 0.717) is 6.54 Å². The molecule has 20 heavy (non-hydrogen) atoms. The smallest absolute Gasteiger partial charge is 0.237 e. The number of rotatable bonds is 3. The van der Waals surface area contributed by atoms with Crippen LogP contribution in [0.15, 0.2) is 45.0 Å². The number of nitrogens with zero attached hydrogens (tertiary/aromatic N) is 4. The van der Waals surface area contributed by atoms with Crippen molar-refractivity contribution in [3.05, 3.63) is 50.3 Å². The highest BCUT2D eigenvalue weighted by Crippen LogP contribution is 2.39. The standard InChI is InChI=1S/C13H12BrClN4O/c1-13(8-17-18-16)9(6-15)7-19(12(13)20)11-4-2-10(14)3-5-11/h2-6H,7-8H2,1H3. The number of benzene rings is 1. The fourth-order valence-corrected chi connectivity index (χ4v) is 2.75. The minimum absolute atomic E-state index is 0.0634. The van der Waals surface area contributed by atoms with Crippen LogP contribution >= 0.6 is 27.5 Å². The van der Waals surface area contributed by atoms with Crippen molar-refractivity contribution in [2.75, 3.05) is 18.0 Å². The van der Waals surface area contributed by atoms with Crippen molar-refractivity contribution < 1.29 is 4.79 Å². The quantitative estimate of drug-likeness (QED) is 0.454. The predicted octanol–water partition coefficient (Wildman–Crippen LogP) is 4.24. The van der Waals surface area contributed by atoms with Crippen LogP contribution in [0.25, 0.3) is 10.4 Å². The predicted molar refractivity (Wildman–Crippen MR) is 82.6 cm³/mol. The Morgan fingerprint density at radius 3 is 2.75 bits per heavy atom. The first-order valence-electron chi connectivity index (χ1n) is 5.91. The fraction of sp³-hybridized carbons (Fsp3) is 0.308. The van der Waals surface area contributed by atoms with Gasteiger partial charge in [0.15, 0.2) is 0 Å². The molecule has 1 unspecified atom stereocenters. The van der Waals surface area contributed by atoms with E-state index in [1.807, 2.05) is 24.3 Å². The van der Waals surface area contributed by atoms with E-state index in [4.69, 9.17) is 17.1 Å². The van der Waals surface area contributed by atoms with Crippen LogP contribution in [0.4, 0.5) is 5.69 Å². The number of carbonyl (C=O) groups excluding carboxylic acids is 1. The first kappa shape index (κ1) is 14.9. The van der Waals surface area contributed by atoms with E-state index >= 15 is 0 Å². The summed E-state index contributed by atoms with van der Waals surface area (Å²) in [6.07, 6.45) is 0. The van der Waals surface area contributed by atoms with Crippen LogP contribution in [-0.4, -0.2) is 19.0 Å². The van der Waals surface area contributed by atoms with E-state index in [1.165, 1.54) is 5.54 Å². The molecule has 5 nitrogen and oxygen atoms in total. The second-order valence-electron chi connectivity index (χ2n) is 4.72. The molecule has 2 rings (SSSR count). The van der Waals surface area contributed by atoms with Crippen LogP contribution in [0.3, 0.4) is 0 Å². The minimum atomic E-state index is -0.874. The first-order chi connectivity index (χ1) is 9.52. The molecule has 1 atom stereocenters. The number of hydrogen-bond acceptors (Lipinski definition) is 2. The maximum Gasteiger partial charge on any atom is 0.237 e. The highest BCUT2D eigenvalue weighted by Gasteiger charge is 2.46. The molecule has 7 heteroatoms. The zero-order valence-electron chi connectivity index (χ0n) is 10.8. The monoisotopic (exact) mass is 354 g/mol. The van der Waals surface area contributed by atoms with Gasteiger partial charge < -0.3 is 4.90 Å². The third-order valence-corrected chi connectivity index (χ3v) is 4.27. The zero-order chi connectivity index (χ0) is 14.8. The van der Waals surface area contributed by atoms with E-state index in [2.05, 4.69) is 26.0 Å². The lowest BCUT2D eigenvalue weighted by Gasteiger charge is -2.22. The number of amides is 1. The molecular formula is C13H12BrClN4O. The summed E-state index contributed by atoms with van der Waals surface area (Å²) in [4.78, 5) is 17.0. The van der Waals surface area contributed by atoms with Crippen LogP contribution in [0.5, 0.6) is 0 Å². The van der Waals surface area contributed by atoms with Crippen LogP contribution < -0.4 is 4.90 Å². The summed E-state index contributed by atoms with van der Waals surface area (Å²) in [5.74, 6) is -0.112. The van der Waals surface area contributed by atoms with Gasteiger partial charge in [-0.1, -0.05) is 32.6 Å². The van der Waals surface area contributed by atoms with Gasteiger partial charge in [0.05, 0.1) is 5.41 Å². The Morgan fingerprint density at radius 1 is 1.55 bits per heavy atom. The van der Waals surface area contributed by atoms with E-state index in [0.717, 1.165) is 15.7 Å². The molecule has 1 heterocycles. The third kappa shape index (κ3) is 2.54. The number of azide groups is 1. The Balaban J connectivity index is 2.38. The molecule has 104 valence electrons. The summed E-state index contributed by atoms with van der Waals surface area (Å²) in [5.41, 5.74) is 10.5. The van der Waals surface area contributed by atoms with Gasteiger partial charge in [0.25, 0.3) is 0 Å². The molecule has 1 aromatic rings. The molecule has 1 aliphatic heterocycles. The van der Waals surface area contributed by atoms with Crippen molar-refractivity contribution in [2.45, 2.75) is 6.92 Å². The summed E-state index contributed by atoms with van der Waals surface area (Å²) < 4.78 is 0.942. The highest BCUT2D eigenvalue weighted by atomic mass is 79.9. The van der Waals surface area contributed by atoms with Crippen LogP contribution in [0.1, 0.15) is 6.92 Å². The van der Waals surface area contributed by atoms with Crippen molar-refractivity contribution in [1.29, 1.82) is 0 Å². The summed E-state index contributed by atoms with van der Waals surface area (Å²) in [5, 5.41) is 3.54. The maximum atomic E-state index is 12.6. The van der Waals surface area contributed by atoms with Gasteiger partial charge in [-0.25, -0.2) is 0 Å². The molecule has 1 aliphatic rings. The molecule has 0 aliphatic carbocycles. The average Bonchev–Trinajstić information content (AvgIpc) is 2.70. The lowest BCUT2D eigenvalue weighted by Crippen LogP contribution is -2.34. The molecule has 0 saturated carbocycles. The van der Waals surface area contributed by atoms with Crippen LogP contribution in [0, 0.1) is 5.41 Å². The van der Waals surface area contributed by atoms with E-state index in [1.54, 1.807) is 11.8 Å². The van der Waals surface area contributed by atoms with Crippen LogP contribution in [0.2, 0.25) is 0 Å². The van der Waals surface area contributed by atoms with E-state index < -0.39 is 5.41 Å². The Bertz CT molecular complexity index is 609. The third-order valence-electron chi connectivity index (χ3n) is 3.47. The molecule has 1 fully saturated rings. The molecule has 1 amide bonds. The molecule has 1 saturated heterocycles. The van der Waals surface area contributed by atoms with Gasteiger partial charge in [-0.3, -0.25) is 4.79 Å². The second-order valence-corrected chi connectivity index (χ2v) is 5.86. The van der Waals surface area contributed by atoms with Gasteiger partial charge in [-0.15, -0.1) is 0 Å². The van der Waals surface area contributed by atoms with Gasteiger partial charge >= 0.3 is 0 Å². The zero-order valence-corrected chi connectivity index (χ0v) is 13.1. The Morgan fingerprint density at radius 2 is 2.20 bits per heavy atom. The van der Waals surface area contributed by atoms with Gasteiger partial charge in [0, 0.05) is 33.7 Å². The van der Waals surface area contributed by atoms with Crippen molar-refractivity contribution in [3.8, 4) is 0 Å². The van der Waals surface area contributed by atoms with Gasteiger partial charge in [0.2, 0.25) is 5.91 Å². The summed E-state index contributed by atoms with van der Waals surface area (Å²) in [6, 6.07) is 7.45. The molecule has 0 bridgehead atoms. The molecule has 0 radical (unpaired) electrons. The Kier molecular flexibility index (Phi) is 4.38. The average molecular weight is 356 g/mol. The van der Waals surface area contributed by atoms with E-state index in [9.17, 15) is 4.79 Å². The molecule has 0 spiro atoms. The minimum Gasteiger partial charge on any atom is -0.308 e. The van der Waals surface area contributed by atoms with Crippen molar-refractivity contribution in [3.63, 3.8) is 0 Å². The lowest BCUT2D eigenvalue weighted by atomic mass is 9.85. The highest BCUT2D eigenvalue weighted by molar-refractivity contribution is 9.10. The van der Waals surface area contributed by atoms with E-state index in [-0.39, 0.29) is 12.5 Å². The number of halogens is 2. The van der Waals surface area contributed by atoms with Crippen LogP contribution in [-0.2, 0) is 4.79 Å². The van der Waals surface area contributed by atoms with Crippen molar-refractivity contribution in [1.82, 2.24) is 0 Å². The SMILES string of the molecule is CC1(CN=[N+]=[N-])C(=O)N(c2ccc(Br)cc2)CC1=CCl. The van der Waals surface area contributed by atoms with Gasteiger partial charge in [-0.2, -0.15) is 0 Å². The number of hydrogen-bond donors (Lipinski definition) is 0. The Hall–Kier alpha value is -1.49. The first-order valence-corrected chi connectivity index (χ1v) is 7.14. The largest absolute Gasteiger partial charge is 0.308 e. The fourth-order valence-electron chi connectivity index (χ4n) is 2.18. The molecule has 1 aromatic carbocycles. The normalized spacial score (nSPS) is 24.1. The number of carbonyl (C=O) groups is 1. The molecule has 0 aromatic heterocycles. The second kappa shape index (κ2) is 5.87. The summed E-state index contributed by atoms with van der Waals surface area (Å²) in [7, 11) is 0. The van der Waals surface area contributed by atoms with Crippen molar-refractivity contribution in [2.24, 2.45) is 10.5 Å².